The van der Waals surface area contributed by atoms with Gasteiger partial charge in [0.15, 0.2) is 0 Å². The van der Waals surface area contributed by atoms with E-state index in [1.807, 2.05) is 31.3 Å². The molecule has 0 aliphatic heterocycles. The number of allylic oxidation sites excluding steroid dienone is 8. The Hall–Kier alpha value is -4.29. The van der Waals surface area contributed by atoms with Crippen molar-refractivity contribution in [3.8, 4) is 6.07 Å². The first-order chi connectivity index (χ1) is 16.2. The Morgan fingerprint density at radius 1 is 0.758 bits per heavy atom. The second-order valence-corrected chi connectivity index (χ2v) is 8.28. The van der Waals surface area contributed by atoms with Crippen LogP contribution in [-0.4, -0.2) is 7.05 Å². The van der Waals surface area contributed by atoms with Crippen LogP contribution in [0, 0.1) is 17.2 Å². The summed E-state index contributed by atoms with van der Waals surface area (Å²) >= 11 is 0. The van der Waals surface area contributed by atoms with Crippen molar-refractivity contribution in [2.45, 2.75) is 6.42 Å². The van der Waals surface area contributed by atoms with Crippen molar-refractivity contribution >= 4 is 22.7 Å². The molecule has 0 amide bonds. The minimum Gasteiger partial charge on any atom is -0.345 e. The highest BCUT2D eigenvalue weighted by atomic mass is 15.2. The fraction of sp³-hybridized carbons (Fsp3) is 0.100. The van der Waals surface area contributed by atoms with Crippen molar-refractivity contribution in [1.82, 2.24) is 0 Å². The van der Waals surface area contributed by atoms with Crippen molar-refractivity contribution < 1.29 is 0 Å². The zero-order chi connectivity index (χ0) is 22.6. The molecule has 0 heterocycles. The summed E-state index contributed by atoms with van der Waals surface area (Å²) in [5.74, 6) is 0.419. The minimum absolute atomic E-state index is 0.419. The molecule has 0 N–H and O–H groups in total. The normalized spacial score (nSPS) is 16.3. The molecule has 160 valence electrons. The van der Waals surface area contributed by atoms with E-state index in [0.29, 0.717) is 11.5 Å². The first-order valence-corrected chi connectivity index (χ1v) is 11.2. The highest BCUT2D eigenvalue weighted by molar-refractivity contribution is 5.72. The molecule has 3 aromatic rings. The molecule has 2 aliphatic rings. The van der Waals surface area contributed by atoms with E-state index in [9.17, 15) is 0 Å². The van der Waals surface area contributed by atoms with Crippen LogP contribution in [0.5, 0.6) is 0 Å². The fourth-order valence-electron chi connectivity index (χ4n) is 4.41. The van der Waals surface area contributed by atoms with Crippen molar-refractivity contribution in [2.75, 3.05) is 16.8 Å². The molecule has 0 saturated heterocycles. The Morgan fingerprint density at radius 3 is 2.09 bits per heavy atom. The molecule has 3 nitrogen and oxygen atoms in total. The summed E-state index contributed by atoms with van der Waals surface area (Å²) in [6.07, 6.45) is 14.2. The van der Waals surface area contributed by atoms with Gasteiger partial charge in [0.25, 0.3) is 0 Å². The monoisotopic (exact) mass is 427 g/mol. The first-order valence-electron chi connectivity index (χ1n) is 11.2. The van der Waals surface area contributed by atoms with Crippen molar-refractivity contribution in [3.63, 3.8) is 0 Å². The highest BCUT2D eigenvalue weighted by Crippen LogP contribution is 2.38. The Labute approximate surface area is 195 Å². The average molecular weight is 428 g/mol. The number of benzene rings is 3. The zero-order valence-corrected chi connectivity index (χ0v) is 18.6. The number of hydrogen-bond acceptors (Lipinski definition) is 3. The van der Waals surface area contributed by atoms with Gasteiger partial charge in [-0.05, 0) is 78.7 Å². The summed E-state index contributed by atoms with van der Waals surface area (Å²) in [5, 5.41) is 9.05. The smallest absolute Gasteiger partial charge is 0.0991 e. The van der Waals surface area contributed by atoms with Gasteiger partial charge in [-0.3, -0.25) is 0 Å². The second-order valence-electron chi connectivity index (χ2n) is 8.28. The average Bonchev–Trinajstić information content (AvgIpc) is 2.89. The van der Waals surface area contributed by atoms with Gasteiger partial charge in [0.05, 0.1) is 11.6 Å². The molecule has 3 heteroatoms. The summed E-state index contributed by atoms with van der Waals surface area (Å²) in [4.78, 5) is 4.48. The molecule has 1 atom stereocenters. The molecule has 0 fully saturated rings. The number of nitrogens with zero attached hydrogens (tertiary/aromatic N) is 3. The van der Waals surface area contributed by atoms with E-state index >= 15 is 0 Å². The molecule has 33 heavy (non-hydrogen) atoms. The van der Waals surface area contributed by atoms with E-state index < -0.39 is 0 Å². The van der Waals surface area contributed by atoms with Crippen LogP contribution in [0.15, 0.2) is 127 Å². The molecule has 0 spiro atoms. The van der Waals surface area contributed by atoms with Crippen LogP contribution >= 0.6 is 0 Å². The van der Waals surface area contributed by atoms with Gasteiger partial charge in [0.2, 0.25) is 0 Å². The van der Waals surface area contributed by atoms with Crippen LogP contribution in [0.4, 0.5) is 22.7 Å². The third-order valence-corrected chi connectivity index (χ3v) is 6.25. The summed E-state index contributed by atoms with van der Waals surface area (Å²) in [6.45, 7) is 0. The maximum absolute atomic E-state index is 9.05. The van der Waals surface area contributed by atoms with E-state index in [0.717, 1.165) is 29.2 Å². The van der Waals surface area contributed by atoms with E-state index in [4.69, 9.17) is 5.26 Å². The SMILES string of the molecule is CN(c1ccc(C#N)cc1)c1ccc(N(C2=CC=C3C=CC=CC3C2)c2ccccc2)cc1. The molecule has 0 radical (unpaired) electrons. The van der Waals surface area contributed by atoms with Gasteiger partial charge >= 0.3 is 0 Å². The lowest BCUT2D eigenvalue weighted by Crippen LogP contribution is -2.21. The Morgan fingerprint density at radius 2 is 1.39 bits per heavy atom. The van der Waals surface area contributed by atoms with Crippen molar-refractivity contribution in [3.05, 3.63) is 132 Å². The van der Waals surface area contributed by atoms with E-state index in [2.05, 4.69) is 107 Å². The molecule has 3 aromatic carbocycles. The number of para-hydroxylation sites is 1. The number of anilines is 4. The molecular weight excluding hydrogens is 402 g/mol. The van der Waals surface area contributed by atoms with E-state index in [-0.39, 0.29) is 0 Å². The van der Waals surface area contributed by atoms with Crippen LogP contribution in [0.2, 0.25) is 0 Å². The van der Waals surface area contributed by atoms with Gasteiger partial charge in [-0.1, -0.05) is 48.6 Å². The molecule has 5 rings (SSSR count). The third kappa shape index (κ3) is 4.24. The standard InChI is InChI=1S/C30H25N3/c1-32(26-14-11-23(22-31)12-15-26)27-17-19-29(20-18-27)33(28-9-3-2-4-10-28)30-16-13-24-7-5-6-8-25(24)21-30/h2-20,25H,21H2,1H3. The Kier molecular flexibility index (Phi) is 5.66. The number of rotatable bonds is 5. The summed E-state index contributed by atoms with van der Waals surface area (Å²) < 4.78 is 0. The molecule has 0 bridgehead atoms. The van der Waals surface area contributed by atoms with Crippen LogP contribution < -0.4 is 9.80 Å². The van der Waals surface area contributed by atoms with Crippen molar-refractivity contribution in [1.29, 1.82) is 5.26 Å². The van der Waals surface area contributed by atoms with E-state index in [1.54, 1.807) is 0 Å². The number of nitriles is 1. The molecular formula is C30H25N3. The number of hydrogen-bond donors (Lipinski definition) is 0. The van der Waals surface area contributed by atoms with Gasteiger partial charge in [0.1, 0.15) is 0 Å². The third-order valence-electron chi connectivity index (χ3n) is 6.25. The Bertz CT molecular complexity index is 1290. The van der Waals surface area contributed by atoms with Gasteiger partial charge in [-0.25, -0.2) is 0 Å². The van der Waals surface area contributed by atoms with Crippen molar-refractivity contribution in [2.24, 2.45) is 5.92 Å². The van der Waals surface area contributed by atoms with Crippen LogP contribution in [0.1, 0.15) is 12.0 Å². The fourth-order valence-corrected chi connectivity index (χ4v) is 4.41. The number of fused-ring (bicyclic) bond motifs is 1. The largest absolute Gasteiger partial charge is 0.345 e. The zero-order valence-electron chi connectivity index (χ0n) is 18.6. The Balaban J connectivity index is 1.47. The summed E-state index contributed by atoms with van der Waals surface area (Å²) in [6, 6.07) is 29.0. The molecule has 2 aliphatic carbocycles. The molecule has 0 saturated carbocycles. The van der Waals surface area contributed by atoms with Gasteiger partial charge in [-0.15, -0.1) is 0 Å². The first kappa shape index (κ1) is 20.6. The van der Waals surface area contributed by atoms with Gasteiger partial charge in [0, 0.05) is 41.4 Å². The van der Waals surface area contributed by atoms with Crippen LogP contribution in [-0.2, 0) is 0 Å². The summed E-state index contributed by atoms with van der Waals surface area (Å²) in [5.41, 5.74) is 7.75. The summed E-state index contributed by atoms with van der Waals surface area (Å²) in [7, 11) is 2.05. The van der Waals surface area contributed by atoms with E-state index in [1.165, 1.54) is 11.3 Å². The lowest BCUT2D eigenvalue weighted by Gasteiger charge is -2.32. The van der Waals surface area contributed by atoms with Gasteiger partial charge < -0.3 is 9.80 Å². The predicted octanol–water partition coefficient (Wildman–Crippen LogP) is 7.42. The molecule has 1 unspecified atom stereocenters. The lowest BCUT2D eigenvalue weighted by atomic mass is 9.86. The highest BCUT2D eigenvalue weighted by Gasteiger charge is 2.22. The second kappa shape index (κ2) is 9.06. The predicted molar refractivity (Wildman–Crippen MR) is 137 cm³/mol. The topological polar surface area (TPSA) is 30.3 Å². The van der Waals surface area contributed by atoms with Crippen LogP contribution in [0.25, 0.3) is 0 Å². The maximum atomic E-state index is 9.05. The van der Waals surface area contributed by atoms with Gasteiger partial charge in [-0.2, -0.15) is 5.26 Å². The lowest BCUT2D eigenvalue weighted by molar-refractivity contribution is 0.732. The maximum Gasteiger partial charge on any atom is 0.0991 e. The van der Waals surface area contributed by atoms with Crippen LogP contribution in [0.3, 0.4) is 0 Å². The quantitative estimate of drug-likeness (QED) is 0.424. The molecule has 0 aromatic heterocycles. The minimum atomic E-state index is 0.419.